The van der Waals surface area contributed by atoms with Gasteiger partial charge < -0.3 is 9.64 Å². The van der Waals surface area contributed by atoms with Crippen LogP contribution in [0.15, 0.2) is 36.4 Å². The summed E-state index contributed by atoms with van der Waals surface area (Å²) in [7, 11) is 1.66. The average Bonchev–Trinajstić information content (AvgIpc) is 3.35. The monoisotopic (exact) mass is 457 g/mol. The smallest absolute Gasteiger partial charge is 0.254 e. The Morgan fingerprint density at radius 2 is 2.03 bits per heavy atom. The lowest BCUT2D eigenvalue weighted by Crippen LogP contribution is -2.38. The van der Waals surface area contributed by atoms with Crippen molar-refractivity contribution in [3.05, 3.63) is 70.0 Å². The lowest BCUT2D eigenvalue weighted by molar-refractivity contribution is 0.0712. The van der Waals surface area contributed by atoms with Crippen LogP contribution in [-0.2, 0) is 17.6 Å². The van der Waals surface area contributed by atoms with Crippen LogP contribution in [0.1, 0.15) is 64.1 Å². The van der Waals surface area contributed by atoms with Crippen molar-refractivity contribution < 1.29 is 9.53 Å². The summed E-state index contributed by atoms with van der Waals surface area (Å²) in [6.45, 7) is 6.02. The standard InChI is InChI=1S/C27H31N5O2/c1-4-19-15-18(2)23(16-24(19)26-29-25(30-31-26)11-14-34-3)27(33)32-12-9-20(10-13-32)22-8-6-5-7-21(22)17-28/h5-8,15-16,20H,4,9-14H2,1-3H3,(H,29,30,31). The number of rotatable bonds is 7. The molecule has 1 amide bonds. The Bertz CT molecular complexity index is 1200. The highest BCUT2D eigenvalue weighted by atomic mass is 16.5. The molecule has 4 rings (SSSR count). The molecule has 0 bridgehead atoms. The summed E-state index contributed by atoms with van der Waals surface area (Å²) >= 11 is 0. The number of carbonyl (C=O) groups excluding carboxylic acids is 1. The molecule has 0 spiro atoms. The number of carbonyl (C=O) groups is 1. The molecule has 1 N–H and O–H groups in total. The molecule has 2 aromatic carbocycles. The minimum absolute atomic E-state index is 0.0450. The van der Waals surface area contributed by atoms with Gasteiger partial charge in [0, 0.05) is 37.7 Å². The van der Waals surface area contributed by atoms with Gasteiger partial charge in [-0.25, -0.2) is 4.98 Å². The molecule has 3 aromatic rings. The molecule has 0 radical (unpaired) electrons. The number of aromatic nitrogens is 3. The molecular weight excluding hydrogens is 426 g/mol. The number of piperidine rings is 1. The first-order valence-corrected chi connectivity index (χ1v) is 11.9. The molecule has 1 aromatic heterocycles. The molecule has 7 nitrogen and oxygen atoms in total. The Morgan fingerprint density at radius 3 is 2.74 bits per heavy atom. The van der Waals surface area contributed by atoms with Crippen molar-refractivity contribution >= 4 is 5.91 Å². The van der Waals surface area contributed by atoms with Crippen molar-refractivity contribution in [1.82, 2.24) is 20.1 Å². The van der Waals surface area contributed by atoms with E-state index in [0.29, 0.717) is 43.4 Å². The number of nitrogens with zero attached hydrogens (tertiary/aromatic N) is 4. The molecular formula is C27H31N5O2. The maximum Gasteiger partial charge on any atom is 0.254 e. The number of likely N-dealkylation sites (tertiary alicyclic amines) is 1. The topological polar surface area (TPSA) is 94.9 Å². The first-order chi connectivity index (χ1) is 16.5. The fourth-order valence-electron chi connectivity index (χ4n) is 4.74. The Balaban J connectivity index is 1.54. The third-order valence-corrected chi connectivity index (χ3v) is 6.68. The predicted octanol–water partition coefficient (Wildman–Crippen LogP) is 4.42. The highest BCUT2D eigenvalue weighted by molar-refractivity contribution is 5.97. The Morgan fingerprint density at radius 1 is 1.26 bits per heavy atom. The van der Waals surface area contributed by atoms with Gasteiger partial charge in [-0.3, -0.25) is 9.89 Å². The molecule has 0 saturated carbocycles. The summed E-state index contributed by atoms with van der Waals surface area (Å²) in [6.07, 6.45) is 3.20. The van der Waals surface area contributed by atoms with Gasteiger partial charge in [0.25, 0.3) is 5.91 Å². The summed E-state index contributed by atoms with van der Waals surface area (Å²) in [5.41, 5.74) is 5.52. The van der Waals surface area contributed by atoms with Crippen LogP contribution in [-0.4, -0.2) is 52.8 Å². The number of H-pyrrole nitrogens is 1. The molecule has 2 heterocycles. The number of ether oxygens (including phenoxy) is 1. The molecule has 1 saturated heterocycles. The Hall–Kier alpha value is -3.50. The molecule has 0 aliphatic carbocycles. The highest BCUT2D eigenvalue weighted by Crippen LogP contribution is 2.32. The van der Waals surface area contributed by atoms with Crippen LogP contribution in [0.2, 0.25) is 0 Å². The first-order valence-electron chi connectivity index (χ1n) is 11.9. The molecule has 0 unspecified atom stereocenters. The average molecular weight is 458 g/mol. The van der Waals surface area contributed by atoms with E-state index in [1.165, 1.54) is 0 Å². The van der Waals surface area contributed by atoms with Gasteiger partial charge in [0.1, 0.15) is 5.82 Å². The number of hydrogen-bond donors (Lipinski definition) is 1. The Labute approximate surface area is 200 Å². The van der Waals surface area contributed by atoms with Gasteiger partial charge in [0.05, 0.1) is 18.2 Å². The number of benzene rings is 2. The van der Waals surface area contributed by atoms with Gasteiger partial charge in [0.2, 0.25) is 0 Å². The van der Waals surface area contributed by atoms with Crippen molar-refractivity contribution in [2.24, 2.45) is 0 Å². The first kappa shape index (κ1) is 23.7. The number of hydrogen-bond acceptors (Lipinski definition) is 5. The van der Waals surface area contributed by atoms with Gasteiger partial charge in [-0.15, -0.1) is 0 Å². The van der Waals surface area contributed by atoms with Crippen molar-refractivity contribution in [2.75, 3.05) is 26.8 Å². The van der Waals surface area contributed by atoms with Gasteiger partial charge in [-0.2, -0.15) is 10.4 Å². The zero-order chi connectivity index (χ0) is 24.1. The third kappa shape index (κ3) is 4.87. The molecule has 34 heavy (non-hydrogen) atoms. The Kier molecular flexibility index (Phi) is 7.39. The SMILES string of the molecule is CCc1cc(C)c(C(=O)N2CCC(c3ccccc3C#N)CC2)cc1-c1n[nH]c(CCOC)n1. The molecule has 7 heteroatoms. The molecule has 1 aliphatic rings. The van der Waals surface area contributed by atoms with Gasteiger partial charge in [0.15, 0.2) is 5.82 Å². The maximum absolute atomic E-state index is 13.5. The second-order valence-corrected chi connectivity index (χ2v) is 8.79. The van der Waals surface area contributed by atoms with E-state index in [4.69, 9.17) is 4.74 Å². The van der Waals surface area contributed by atoms with E-state index < -0.39 is 0 Å². The second kappa shape index (κ2) is 10.6. The van der Waals surface area contributed by atoms with Gasteiger partial charge in [-0.1, -0.05) is 31.2 Å². The number of aromatic amines is 1. The van der Waals surface area contributed by atoms with Crippen molar-refractivity contribution in [3.8, 4) is 17.5 Å². The van der Waals surface area contributed by atoms with E-state index in [9.17, 15) is 10.1 Å². The van der Waals surface area contributed by atoms with E-state index in [1.54, 1.807) is 7.11 Å². The quantitative estimate of drug-likeness (QED) is 0.567. The lowest BCUT2D eigenvalue weighted by Gasteiger charge is -2.33. The summed E-state index contributed by atoms with van der Waals surface area (Å²) in [4.78, 5) is 20.1. The minimum Gasteiger partial charge on any atom is -0.384 e. The lowest BCUT2D eigenvalue weighted by atomic mass is 9.86. The van der Waals surface area contributed by atoms with Crippen LogP contribution in [0.25, 0.3) is 11.4 Å². The van der Waals surface area contributed by atoms with Gasteiger partial charge in [-0.05, 0) is 60.9 Å². The molecule has 0 atom stereocenters. The number of nitrogens with one attached hydrogen (secondary N) is 1. The summed E-state index contributed by atoms with van der Waals surface area (Å²) in [5.74, 6) is 1.73. The van der Waals surface area contributed by atoms with Crippen LogP contribution >= 0.6 is 0 Å². The minimum atomic E-state index is 0.0450. The zero-order valence-corrected chi connectivity index (χ0v) is 20.1. The normalized spacial score (nSPS) is 14.2. The van der Waals surface area contributed by atoms with Crippen LogP contribution < -0.4 is 0 Å². The molecule has 176 valence electrons. The van der Waals surface area contributed by atoms with Crippen LogP contribution in [0, 0.1) is 18.3 Å². The van der Waals surface area contributed by atoms with E-state index in [2.05, 4.69) is 34.2 Å². The molecule has 1 fully saturated rings. The summed E-state index contributed by atoms with van der Waals surface area (Å²) in [5, 5.41) is 16.8. The zero-order valence-electron chi connectivity index (χ0n) is 20.1. The van der Waals surface area contributed by atoms with Crippen molar-refractivity contribution in [3.63, 3.8) is 0 Å². The highest BCUT2D eigenvalue weighted by Gasteiger charge is 2.27. The van der Waals surface area contributed by atoms with Crippen LogP contribution in [0.5, 0.6) is 0 Å². The number of methoxy groups -OCH3 is 1. The van der Waals surface area contributed by atoms with E-state index in [-0.39, 0.29) is 5.91 Å². The van der Waals surface area contributed by atoms with Gasteiger partial charge >= 0.3 is 0 Å². The fraction of sp³-hybridized carbons (Fsp3) is 0.407. The van der Waals surface area contributed by atoms with E-state index in [0.717, 1.165) is 52.9 Å². The number of aryl methyl sites for hydroxylation is 2. The van der Waals surface area contributed by atoms with Crippen LogP contribution in [0.4, 0.5) is 0 Å². The predicted molar refractivity (Wildman–Crippen MR) is 131 cm³/mol. The fourth-order valence-corrected chi connectivity index (χ4v) is 4.74. The van der Waals surface area contributed by atoms with Crippen molar-refractivity contribution in [2.45, 2.75) is 45.4 Å². The van der Waals surface area contributed by atoms with Crippen molar-refractivity contribution in [1.29, 1.82) is 5.26 Å². The third-order valence-electron chi connectivity index (χ3n) is 6.68. The number of amides is 1. The largest absolute Gasteiger partial charge is 0.384 e. The van der Waals surface area contributed by atoms with E-state index in [1.807, 2.05) is 42.2 Å². The maximum atomic E-state index is 13.5. The summed E-state index contributed by atoms with van der Waals surface area (Å²) < 4.78 is 5.13. The summed E-state index contributed by atoms with van der Waals surface area (Å²) in [6, 6.07) is 14.1. The second-order valence-electron chi connectivity index (χ2n) is 8.79. The van der Waals surface area contributed by atoms with E-state index >= 15 is 0 Å². The molecule has 1 aliphatic heterocycles. The van der Waals surface area contributed by atoms with Crippen LogP contribution in [0.3, 0.4) is 0 Å². The number of nitriles is 1.